The highest BCUT2D eigenvalue weighted by Crippen LogP contribution is 2.21. The van der Waals surface area contributed by atoms with Gasteiger partial charge in [-0.3, -0.25) is 0 Å². The number of benzene rings is 1. The summed E-state index contributed by atoms with van der Waals surface area (Å²) in [5, 5.41) is 3.60. The minimum atomic E-state index is 0.689. The maximum Gasteiger partial charge on any atom is 0.0352 e. The molecular formula is C11H14INS. The van der Waals surface area contributed by atoms with E-state index < -0.39 is 0 Å². The Labute approximate surface area is 103 Å². The molecule has 1 heterocycles. The van der Waals surface area contributed by atoms with Gasteiger partial charge in [0.05, 0.1) is 0 Å². The first-order valence-electron chi connectivity index (χ1n) is 4.94. The Morgan fingerprint density at radius 3 is 2.79 bits per heavy atom. The van der Waals surface area contributed by atoms with Crippen molar-refractivity contribution >= 4 is 40.0 Å². The van der Waals surface area contributed by atoms with Crippen LogP contribution in [0.2, 0.25) is 0 Å². The van der Waals surface area contributed by atoms with Crippen molar-refractivity contribution in [3.05, 3.63) is 27.8 Å². The molecule has 0 aromatic heterocycles. The van der Waals surface area contributed by atoms with Gasteiger partial charge in [0.15, 0.2) is 0 Å². The molecule has 0 saturated carbocycles. The van der Waals surface area contributed by atoms with E-state index in [-0.39, 0.29) is 0 Å². The fraction of sp³-hybridized carbons (Fsp3) is 0.455. The van der Waals surface area contributed by atoms with Crippen LogP contribution in [0.1, 0.15) is 12.8 Å². The van der Waals surface area contributed by atoms with Gasteiger partial charge in [-0.05, 0) is 65.1 Å². The molecule has 0 radical (unpaired) electrons. The predicted molar refractivity (Wildman–Crippen MR) is 73.1 cm³/mol. The molecule has 0 unspecified atom stereocenters. The van der Waals surface area contributed by atoms with E-state index in [0.29, 0.717) is 6.04 Å². The number of halogens is 1. The summed E-state index contributed by atoms with van der Waals surface area (Å²) in [6.45, 7) is 0. The SMILES string of the molecule is Ic1cccc(NC2CCSCC2)c1. The molecule has 3 heteroatoms. The van der Waals surface area contributed by atoms with Crippen molar-refractivity contribution < 1.29 is 0 Å². The minimum absolute atomic E-state index is 0.689. The fourth-order valence-electron chi connectivity index (χ4n) is 1.66. The quantitative estimate of drug-likeness (QED) is 0.836. The Morgan fingerprint density at radius 1 is 1.29 bits per heavy atom. The molecule has 0 atom stereocenters. The van der Waals surface area contributed by atoms with E-state index in [4.69, 9.17) is 0 Å². The summed E-state index contributed by atoms with van der Waals surface area (Å²) < 4.78 is 1.30. The zero-order valence-corrected chi connectivity index (χ0v) is 11.0. The zero-order chi connectivity index (χ0) is 9.80. The maximum atomic E-state index is 3.60. The van der Waals surface area contributed by atoms with E-state index in [9.17, 15) is 0 Å². The maximum absolute atomic E-state index is 3.60. The topological polar surface area (TPSA) is 12.0 Å². The Hall–Kier alpha value is 0.1000. The van der Waals surface area contributed by atoms with Gasteiger partial charge in [-0.25, -0.2) is 0 Å². The molecule has 76 valence electrons. The minimum Gasteiger partial charge on any atom is -0.382 e. The molecule has 0 amide bonds. The van der Waals surface area contributed by atoms with E-state index in [1.54, 1.807) is 0 Å². The highest BCUT2D eigenvalue weighted by atomic mass is 127. The normalized spacial score (nSPS) is 18.1. The summed E-state index contributed by atoms with van der Waals surface area (Å²) in [5.74, 6) is 2.61. The van der Waals surface area contributed by atoms with Crippen LogP contribution in [0.3, 0.4) is 0 Å². The van der Waals surface area contributed by atoms with Crippen LogP contribution in [0.25, 0.3) is 0 Å². The third kappa shape index (κ3) is 3.05. The van der Waals surface area contributed by atoms with Crippen molar-refractivity contribution in [1.82, 2.24) is 0 Å². The van der Waals surface area contributed by atoms with Crippen LogP contribution >= 0.6 is 34.4 Å². The van der Waals surface area contributed by atoms with E-state index in [1.165, 1.54) is 33.6 Å². The van der Waals surface area contributed by atoms with Gasteiger partial charge in [0.2, 0.25) is 0 Å². The molecule has 1 saturated heterocycles. The molecule has 1 N–H and O–H groups in total. The van der Waals surface area contributed by atoms with Gasteiger partial charge in [0, 0.05) is 15.3 Å². The molecule has 2 rings (SSSR count). The second kappa shape index (κ2) is 5.26. The standard InChI is InChI=1S/C11H14INS/c12-9-2-1-3-11(8-9)13-10-4-6-14-7-5-10/h1-3,8,10,13H,4-7H2. The van der Waals surface area contributed by atoms with E-state index in [0.717, 1.165) is 0 Å². The summed E-state index contributed by atoms with van der Waals surface area (Å²) in [4.78, 5) is 0. The molecule has 1 aliphatic heterocycles. The summed E-state index contributed by atoms with van der Waals surface area (Å²) in [7, 11) is 0. The molecule has 14 heavy (non-hydrogen) atoms. The Kier molecular flexibility index (Phi) is 3.99. The molecular weight excluding hydrogens is 305 g/mol. The first-order valence-corrected chi connectivity index (χ1v) is 7.18. The van der Waals surface area contributed by atoms with Gasteiger partial charge >= 0.3 is 0 Å². The third-order valence-electron chi connectivity index (χ3n) is 2.42. The average Bonchev–Trinajstić information content (AvgIpc) is 2.19. The largest absolute Gasteiger partial charge is 0.382 e. The number of nitrogens with one attached hydrogen (secondary N) is 1. The van der Waals surface area contributed by atoms with Crippen molar-refractivity contribution in [1.29, 1.82) is 0 Å². The summed E-state index contributed by atoms with van der Waals surface area (Å²) in [6.07, 6.45) is 2.60. The number of hydrogen-bond donors (Lipinski definition) is 1. The zero-order valence-electron chi connectivity index (χ0n) is 8.00. The highest BCUT2D eigenvalue weighted by Gasteiger charge is 2.12. The van der Waals surface area contributed by atoms with Crippen molar-refractivity contribution in [3.8, 4) is 0 Å². The number of thioether (sulfide) groups is 1. The van der Waals surface area contributed by atoms with Crippen LogP contribution in [-0.4, -0.2) is 17.5 Å². The van der Waals surface area contributed by atoms with Gasteiger partial charge in [0.25, 0.3) is 0 Å². The second-order valence-corrected chi connectivity index (χ2v) is 6.01. The van der Waals surface area contributed by atoms with Crippen molar-refractivity contribution in [2.24, 2.45) is 0 Å². The molecule has 0 aliphatic carbocycles. The van der Waals surface area contributed by atoms with Gasteiger partial charge in [-0.2, -0.15) is 11.8 Å². The Morgan fingerprint density at radius 2 is 2.07 bits per heavy atom. The number of anilines is 1. The van der Waals surface area contributed by atoms with Crippen molar-refractivity contribution in [2.75, 3.05) is 16.8 Å². The summed E-state index contributed by atoms with van der Waals surface area (Å²) >= 11 is 4.43. The first-order chi connectivity index (χ1) is 6.84. The average molecular weight is 319 g/mol. The van der Waals surface area contributed by atoms with Gasteiger partial charge in [0.1, 0.15) is 0 Å². The number of rotatable bonds is 2. The Bertz CT molecular complexity index is 297. The second-order valence-electron chi connectivity index (χ2n) is 3.54. The van der Waals surface area contributed by atoms with Crippen molar-refractivity contribution in [2.45, 2.75) is 18.9 Å². The van der Waals surface area contributed by atoms with Gasteiger partial charge < -0.3 is 5.32 Å². The smallest absolute Gasteiger partial charge is 0.0352 e. The highest BCUT2D eigenvalue weighted by molar-refractivity contribution is 14.1. The molecule has 1 aromatic rings. The Balaban J connectivity index is 1.95. The van der Waals surface area contributed by atoms with Crippen LogP contribution < -0.4 is 5.32 Å². The van der Waals surface area contributed by atoms with E-state index in [1.807, 2.05) is 0 Å². The van der Waals surface area contributed by atoms with Crippen LogP contribution in [0, 0.1) is 3.57 Å². The first kappa shape index (κ1) is 10.6. The van der Waals surface area contributed by atoms with Crippen LogP contribution in [-0.2, 0) is 0 Å². The lowest BCUT2D eigenvalue weighted by atomic mass is 10.1. The van der Waals surface area contributed by atoms with Crippen LogP contribution in [0.5, 0.6) is 0 Å². The molecule has 1 aromatic carbocycles. The lowest BCUT2D eigenvalue weighted by Gasteiger charge is -2.23. The lowest BCUT2D eigenvalue weighted by Crippen LogP contribution is -2.24. The molecule has 0 bridgehead atoms. The van der Waals surface area contributed by atoms with Gasteiger partial charge in [-0.15, -0.1) is 0 Å². The van der Waals surface area contributed by atoms with Crippen molar-refractivity contribution in [3.63, 3.8) is 0 Å². The lowest BCUT2D eigenvalue weighted by molar-refractivity contribution is 0.667. The number of hydrogen-bond acceptors (Lipinski definition) is 2. The monoisotopic (exact) mass is 319 g/mol. The molecule has 1 fully saturated rings. The molecule has 1 aliphatic rings. The summed E-state index contributed by atoms with van der Waals surface area (Å²) in [5.41, 5.74) is 1.27. The summed E-state index contributed by atoms with van der Waals surface area (Å²) in [6, 6.07) is 9.30. The van der Waals surface area contributed by atoms with E-state index >= 15 is 0 Å². The van der Waals surface area contributed by atoms with Crippen LogP contribution in [0.15, 0.2) is 24.3 Å². The van der Waals surface area contributed by atoms with E-state index in [2.05, 4.69) is 63.9 Å². The van der Waals surface area contributed by atoms with Gasteiger partial charge in [-0.1, -0.05) is 6.07 Å². The third-order valence-corrected chi connectivity index (χ3v) is 4.14. The molecule has 1 nitrogen and oxygen atoms in total. The molecule has 0 spiro atoms. The van der Waals surface area contributed by atoms with Crippen LogP contribution in [0.4, 0.5) is 5.69 Å². The fourth-order valence-corrected chi connectivity index (χ4v) is 3.31. The predicted octanol–water partition coefficient (Wildman–Crippen LogP) is 3.60.